The van der Waals surface area contributed by atoms with E-state index in [9.17, 15) is 9.59 Å². The molecular weight excluding hydrogens is 232 g/mol. The van der Waals surface area contributed by atoms with Crippen molar-refractivity contribution < 1.29 is 9.59 Å². The number of nitrogen functional groups attached to an aromatic ring is 2. The summed E-state index contributed by atoms with van der Waals surface area (Å²) in [7, 11) is 0. The number of ketones is 2. The molecule has 1 aliphatic rings. The molecule has 0 bridgehead atoms. The normalized spacial score (nSPS) is 13.9. The third kappa shape index (κ3) is 1.27. The summed E-state index contributed by atoms with van der Waals surface area (Å²) in [5.41, 5.74) is 10.2. The number of fused-ring (bicyclic) bond motifs is 1. The van der Waals surface area contributed by atoms with Gasteiger partial charge < -0.3 is 11.5 Å². The van der Waals surface area contributed by atoms with Crippen LogP contribution in [0.2, 0.25) is 0 Å². The number of carbonyl (C=O) groups excluding carboxylic acids is 2. The lowest BCUT2D eigenvalue weighted by atomic mass is 9.83. The number of hydrogen-bond acceptors (Lipinski definition) is 6. The number of nitrogens with two attached hydrogens (primary N) is 2. The Bertz CT molecular complexity index is 656. The first kappa shape index (κ1) is 11.4. The maximum absolute atomic E-state index is 12.0. The molecule has 1 aromatic rings. The molecule has 0 unspecified atom stereocenters. The van der Waals surface area contributed by atoms with Gasteiger partial charge in [0.1, 0.15) is 23.3 Å². The van der Waals surface area contributed by atoms with E-state index in [1.165, 1.54) is 12.1 Å². The molecule has 0 saturated heterocycles. The van der Waals surface area contributed by atoms with E-state index in [-0.39, 0.29) is 22.5 Å². The molecule has 0 aromatic heterocycles. The largest absolute Gasteiger partial charge is 0.398 e. The summed E-state index contributed by atoms with van der Waals surface area (Å²) in [4.78, 5) is 24.0. The molecule has 0 radical (unpaired) electrons. The summed E-state index contributed by atoms with van der Waals surface area (Å²) < 4.78 is 0. The van der Waals surface area contributed by atoms with Gasteiger partial charge in [-0.1, -0.05) is 0 Å². The lowest BCUT2D eigenvalue weighted by Crippen LogP contribution is -2.23. The fourth-order valence-electron chi connectivity index (χ4n) is 1.81. The van der Waals surface area contributed by atoms with E-state index in [1.807, 2.05) is 0 Å². The van der Waals surface area contributed by atoms with Crippen molar-refractivity contribution in [3.05, 3.63) is 34.4 Å². The Morgan fingerprint density at radius 2 is 1.17 bits per heavy atom. The topological polar surface area (TPSA) is 134 Å². The average Bonchev–Trinajstić information content (AvgIpc) is 2.35. The van der Waals surface area contributed by atoms with Crippen LogP contribution in [0.4, 0.5) is 11.4 Å². The Kier molecular flexibility index (Phi) is 2.35. The van der Waals surface area contributed by atoms with Gasteiger partial charge in [-0.05, 0) is 12.1 Å². The van der Waals surface area contributed by atoms with Gasteiger partial charge in [0.25, 0.3) is 0 Å². The van der Waals surface area contributed by atoms with E-state index in [4.69, 9.17) is 22.0 Å². The Balaban J connectivity index is 2.91. The van der Waals surface area contributed by atoms with Crippen molar-refractivity contribution in [1.29, 1.82) is 10.5 Å². The summed E-state index contributed by atoms with van der Waals surface area (Å²) in [6.07, 6.45) is 0. The second-order valence-corrected chi connectivity index (χ2v) is 3.63. The zero-order valence-corrected chi connectivity index (χ0v) is 9.02. The van der Waals surface area contributed by atoms with Crippen LogP contribution in [0.15, 0.2) is 23.3 Å². The fraction of sp³-hybridized carbons (Fsp3) is 0. The van der Waals surface area contributed by atoms with Crippen LogP contribution in [0.5, 0.6) is 0 Å². The highest BCUT2D eigenvalue weighted by atomic mass is 16.1. The quantitative estimate of drug-likeness (QED) is 0.634. The molecule has 0 fully saturated rings. The van der Waals surface area contributed by atoms with Crippen LogP contribution < -0.4 is 11.5 Å². The predicted molar refractivity (Wildman–Crippen MR) is 62.2 cm³/mol. The molecule has 0 spiro atoms. The van der Waals surface area contributed by atoms with Crippen LogP contribution in [-0.4, -0.2) is 11.6 Å². The third-order valence-corrected chi connectivity index (χ3v) is 2.65. The van der Waals surface area contributed by atoms with E-state index in [2.05, 4.69) is 0 Å². The Hall–Kier alpha value is -3.12. The minimum absolute atomic E-state index is 0.0577. The summed E-state index contributed by atoms with van der Waals surface area (Å²) in [6, 6.07) is 5.89. The molecule has 2 rings (SSSR count). The molecule has 18 heavy (non-hydrogen) atoms. The number of carbonyl (C=O) groups is 2. The highest BCUT2D eigenvalue weighted by molar-refractivity contribution is 6.32. The molecule has 1 aliphatic carbocycles. The van der Waals surface area contributed by atoms with Crippen LogP contribution in [0.3, 0.4) is 0 Å². The van der Waals surface area contributed by atoms with Gasteiger partial charge in [0.15, 0.2) is 0 Å². The van der Waals surface area contributed by atoms with Gasteiger partial charge >= 0.3 is 0 Å². The number of nitrogens with zero attached hydrogens (tertiary/aromatic N) is 2. The van der Waals surface area contributed by atoms with Crippen LogP contribution in [0.25, 0.3) is 0 Å². The third-order valence-electron chi connectivity index (χ3n) is 2.65. The van der Waals surface area contributed by atoms with E-state index >= 15 is 0 Å². The van der Waals surface area contributed by atoms with Gasteiger partial charge in [0.05, 0.1) is 11.1 Å². The number of benzene rings is 1. The first-order chi connectivity index (χ1) is 8.52. The van der Waals surface area contributed by atoms with Crippen molar-refractivity contribution in [2.24, 2.45) is 0 Å². The lowest BCUT2D eigenvalue weighted by Gasteiger charge is -2.17. The smallest absolute Gasteiger partial charge is 0.207 e. The standard InChI is InChI=1S/C12H6N4O2/c13-3-5-6(4-14)12(18)10-8(16)2-1-7(15)9(10)11(5)17/h1-2H,15-16H2. The van der Waals surface area contributed by atoms with Crippen molar-refractivity contribution in [3.8, 4) is 12.1 Å². The molecule has 0 atom stereocenters. The number of allylic oxidation sites excluding steroid dienone is 2. The molecular formula is C12H6N4O2. The van der Waals surface area contributed by atoms with Gasteiger partial charge in [-0.2, -0.15) is 10.5 Å². The maximum atomic E-state index is 12.0. The maximum Gasteiger partial charge on any atom is 0.207 e. The first-order valence-electron chi connectivity index (χ1n) is 4.84. The molecule has 4 N–H and O–H groups in total. The molecule has 6 heteroatoms. The highest BCUT2D eigenvalue weighted by Crippen LogP contribution is 2.33. The van der Waals surface area contributed by atoms with Gasteiger partial charge in [-0.25, -0.2) is 0 Å². The van der Waals surface area contributed by atoms with Crippen LogP contribution in [0, 0.1) is 22.7 Å². The number of rotatable bonds is 0. The van der Waals surface area contributed by atoms with Crippen LogP contribution >= 0.6 is 0 Å². The Labute approximate surface area is 102 Å². The Morgan fingerprint density at radius 1 is 0.833 bits per heavy atom. The molecule has 0 amide bonds. The molecule has 0 heterocycles. The van der Waals surface area contributed by atoms with Crippen LogP contribution in [0.1, 0.15) is 20.7 Å². The van der Waals surface area contributed by atoms with Gasteiger partial charge in [0, 0.05) is 11.4 Å². The average molecular weight is 238 g/mol. The van der Waals surface area contributed by atoms with Gasteiger partial charge in [-0.15, -0.1) is 0 Å². The van der Waals surface area contributed by atoms with Gasteiger partial charge in [-0.3, -0.25) is 9.59 Å². The van der Waals surface area contributed by atoms with Crippen molar-refractivity contribution in [1.82, 2.24) is 0 Å². The summed E-state index contributed by atoms with van der Waals surface area (Å²) in [5, 5.41) is 17.7. The van der Waals surface area contributed by atoms with Crippen molar-refractivity contribution in [3.63, 3.8) is 0 Å². The second kappa shape index (κ2) is 3.72. The van der Waals surface area contributed by atoms with E-state index in [0.29, 0.717) is 0 Å². The highest BCUT2D eigenvalue weighted by Gasteiger charge is 2.35. The fourth-order valence-corrected chi connectivity index (χ4v) is 1.81. The van der Waals surface area contributed by atoms with Crippen molar-refractivity contribution >= 4 is 22.9 Å². The van der Waals surface area contributed by atoms with E-state index in [0.717, 1.165) is 0 Å². The zero-order chi connectivity index (χ0) is 13.4. The molecule has 1 aromatic carbocycles. The minimum Gasteiger partial charge on any atom is -0.398 e. The van der Waals surface area contributed by atoms with Crippen molar-refractivity contribution in [2.75, 3.05) is 11.5 Å². The van der Waals surface area contributed by atoms with E-state index < -0.39 is 22.7 Å². The molecule has 0 saturated carbocycles. The van der Waals surface area contributed by atoms with E-state index in [1.54, 1.807) is 12.1 Å². The first-order valence-corrected chi connectivity index (χ1v) is 4.84. The molecule has 0 aliphatic heterocycles. The van der Waals surface area contributed by atoms with Crippen LogP contribution in [-0.2, 0) is 0 Å². The SMILES string of the molecule is N#CC1=C(C#N)C(=O)c2c(N)ccc(N)c2C1=O. The second-order valence-electron chi connectivity index (χ2n) is 3.63. The minimum atomic E-state index is -0.742. The molecule has 86 valence electrons. The number of hydrogen-bond donors (Lipinski definition) is 2. The zero-order valence-electron chi connectivity index (χ0n) is 9.02. The monoisotopic (exact) mass is 238 g/mol. The number of Topliss-reactive ketones (excluding diaryl/α,β-unsaturated/α-hetero) is 2. The number of nitriles is 2. The summed E-state index contributed by atoms with van der Waals surface area (Å²) in [6.45, 7) is 0. The number of anilines is 2. The summed E-state index contributed by atoms with van der Waals surface area (Å²) >= 11 is 0. The summed E-state index contributed by atoms with van der Waals surface area (Å²) in [5.74, 6) is -1.48. The van der Waals surface area contributed by atoms with Crippen molar-refractivity contribution in [2.45, 2.75) is 0 Å². The predicted octanol–water partition coefficient (Wildman–Crippen LogP) is 0.574. The Morgan fingerprint density at radius 3 is 1.44 bits per heavy atom. The molecule has 6 nitrogen and oxygen atoms in total. The lowest BCUT2D eigenvalue weighted by molar-refractivity contribution is 0.0983. The van der Waals surface area contributed by atoms with Gasteiger partial charge in [0.2, 0.25) is 11.6 Å².